The lowest BCUT2D eigenvalue weighted by Crippen LogP contribution is -2.18. The predicted molar refractivity (Wildman–Crippen MR) is 158 cm³/mol. The average molecular weight is 531 g/mol. The average Bonchev–Trinajstić information content (AvgIpc) is 3.29. The molecule has 0 saturated heterocycles. The van der Waals surface area contributed by atoms with Crippen LogP contribution in [-0.4, -0.2) is 34.4 Å². The van der Waals surface area contributed by atoms with Gasteiger partial charge in [0.1, 0.15) is 5.84 Å². The quantitative estimate of drug-likeness (QED) is 0.154. The number of aryl methyl sites for hydroxylation is 1. The number of amides is 1. The smallest absolute Gasteiger partial charge is 0.336 e. The fraction of sp³-hybridized carbons (Fsp3) is 0.121. The number of hydrogen-bond acceptors (Lipinski definition) is 3. The summed E-state index contributed by atoms with van der Waals surface area (Å²) in [6, 6.07) is 26.7. The largest absolute Gasteiger partial charge is 0.478 e. The van der Waals surface area contributed by atoms with Crippen molar-refractivity contribution in [3.05, 3.63) is 130 Å². The van der Waals surface area contributed by atoms with Crippen LogP contribution in [0.3, 0.4) is 0 Å². The SMILES string of the molecule is CNC(=O)c1ccc(Cn2cc(Cc3ccccc3)c3cc(C(=N)N)ccc32)c(-c2ccc(C)cc2C(=O)O)c1. The van der Waals surface area contributed by atoms with Crippen LogP contribution in [0.1, 0.15) is 48.5 Å². The van der Waals surface area contributed by atoms with E-state index in [1.54, 1.807) is 31.3 Å². The van der Waals surface area contributed by atoms with Crippen LogP contribution in [0.25, 0.3) is 22.0 Å². The Hall–Kier alpha value is -5.17. The third kappa shape index (κ3) is 5.22. The maximum absolute atomic E-state index is 12.5. The Kier molecular flexibility index (Phi) is 7.21. The first-order valence-electron chi connectivity index (χ1n) is 12.9. The molecule has 7 nitrogen and oxygen atoms in total. The topological polar surface area (TPSA) is 121 Å². The minimum Gasteiger partial charge on any atom is -0.478 e. The molecule has 5 N–H and O–H groups in total. The number of aromatic carboxylic acids is 1. The van der Waals surface area contributed by atoms with Gasteiger partial charge in [-0.15, -0.1) is 0 Å². The molecule has 0 radical (unpaired) electrons. The minimum absolute atomic E-state index is 0.00737. The summed E-state index contributed by atoms with van der Waals surface area (Å²) in [5, 5.41) is 21.6. The number of fused-ring (bicyclic) bond motifs is 1. The summed E-state index contributed by atoms with van der Waals surface area (Å²) >= 11 is 0. The molecule has 0 aliphatic heterocycles. The van der Waals surface area contributed by atoms with E-state index < -0.39 is 5.97 Å². The lowest BCUT2D eigenvalue weighted by atomic mass is 9.92. The van der Waals surface area contributed by atoms with E-state index in [2.05, 4.69) is 28.2 Å². The monoisotopic (exact) mass is 530 g/mol. The summed E-state index contributed by atoms with van der Waals surface area (Å²) in [5.41, 5.74) is 13.3. The lowest BCUT2D eigenvalue weighted by Gasteiger charge is -2.16. The Labute approximate surface area is 232 Å². The molecule has 1 heterocycles. The lowest BCUT2D eigenvalue weighted by molar-refractivity contribution is 0.0697. The van der Waals surface area contributed by atoms with Crippen LogP contribution in [0.15, 0.2) is 91.1 Å². The highest BCUT2D eigenvalue weighted by atomic mass is 16.4. The zero-order chi connectivity index (χ0) is 28.4. The van der Waals surface area contributed by atoms with Gasteiger partial charge in [-0.05, 0) is 77.6 Å². The maximum atomic E-state index is 12.5. The molecule has 0 unspecified atom stereocenters. The Morgan fingerprint density at radius 3 is 2.35 bits per heavy atom. The normalized spacial score (nSPS) is 10.9. The summed E-state index contributed by atoms with van der Waals surface area (Å²) in [7, 11) is 1.57. The van der Waals surface area contributed by atoms with Crippen LogP contribution in [0.5, 0.6) is 0 Å². The second-order valence-corrected chi connectivity index (χ2v) is 9.90. The molecular weight excluding hydrogens is 500 g/mol. The summed E-state index contributed by atoms with van der Waals surface area (Å²) in [6.07, 6.45) is 2.81. The van der Waals surface area contributed by atoms with Crippen molar-refractivity contribution in [1.82, 2.24) is 9.88 Å². The van der Waals surface area contributed by atoms with E-state index in [1.807, 2.05) is 55.5 Å². The van der Waals surface area contributed by atoms with Gasteiger partial charge in [0, 0.05) is 41.8 Å². The number of nitrogen functional groups attached to an aromatic ring is 1. The molecule has 0 saturated carbocycles. The fourth-order valence-corrected chi connectivity index (χ4v) is 5.13. The molecule has 4 aromatic carbocycles. The van der Waals surface area contributed by atoms with Crippen molar-refractivity contribution in [2.24, 2.45) is 5.73 Å². The van der Waals surface area contributed by atoms with E-state index in [1.165, 1.54) is 0 Å². The molecule has 0 aliphatic carbocycles. The maximum Gasteiger partial charge on any atom is 0.336 e. The number of benzene rings is 4. The molecule has 0 fully saturated rings. The second-order valence-electron chi connectivity index (χ2n) is 9.90. The molecule has 0 spiro atoms. The molecule has 200 valence electrons. The van der Waals surface area contributed by atoms with Crippen LogP contribution in [-0.2, 0) is 13.0 Å². The van der Waals surface area contributed by atoms with Crippen molar-refractivity contribution < 1.29 is 14.7 Å². The highest BCUT2D eigenvalue weighted by Crippen LogP contribution is 2.32. The Morgan fingerprint density at radius 1 is 0.900 bits per heavy atom. The fourth-order valence-electron chi connectivity index (χ4n) is 5.13. The van der Waals surface area contributed by atoms with Crippen LogP contribution < -0.4 is 11.1 Å². The van der Waals surface area contributed by atoms with Gasteiger partial charge in [-0.1, -0.05) is 54.1 Å². The van der Waals surface area contributed by atoms with Gasteiger partial charge in [-0.25, -0.2) is 4.79 Å². The number of amidine groups is 1. The van der Waals surface area contributed by atoms with Crippen LogP contribution in [0, 0.1) is 12.3 Å². The number of aromatic nitrogens is 1. The zero-order valence-corrected chi connectivity index (χ0v) is 22.4. The van der Waals surface area contributed by atoms with Crippen molar-refractivity contribution in [2.45, 2.75) is 19.9 Å². The minimum atomic E-state index is -1.02. The third-order valence-electron chi connectivity index (χ3n) is 7.15. The van der Waals surface area contributed by atoms with Gasteiger partial charge in [-0.2, -0.15) is 0 Å². The Bertz CT molecular complexity index is 1770. The van der Waals surface area contributed by atoms with E-state index in [0.29, 0.717) is 35.2 Å². The summed E-state index contributed by atoms with van der Waals surface area (Å²) in [5.74, 6) is -1.26. The van der Waals surface area contributed by atoms with E-state index >= 15 is 0 Å². The number of nitrogens with zero attached hydrogens (tertiary/aromatic N) is 1. The number of rotatable bonds is 8. The first kappa shape index (κ1) is 26.4. The number of carbonyl (C=O) groups excluding carboxylic acids is 1. The molecule has 0 bridgehead atoms. The van der Waals surface area contributed by atoms with Crippen molar-refractivity contribution in [1.29, 1.82) is 5.41 Å². The van der Waals surface area contributed by atoms with Crippen molar-refractivity contribution in [3.8, 4) is 11.1 Å². The molecule has 7 heteroatoms. The van der Waals surface area contributed by atoms with E-state index in [-0.39, 0.29) is 17.3 Å². The number of nitrogens with one attached hydrogen (secondary N) is 2. The standard InChI is InChI=1S/C33H30N4O3/c1-20-8-12-26(29(14-20)33(39)40)27-17-23(32(38)36-2)9-10-24(27)18-37-19-25(15-21-6-4-3-5-7-21)28-16-22(31(34)35)11-13-30(28)37/h3-14,16-17,19H,15,18H2,1-2H3,(H3,34,35)(H,36,38)(H,39,40). The van der Waals surface area contributed by atoms with Crippen molar-refractivity contribution in [3.63, 3.8) is 0 Å². The van der Waals surface area contributed by atoms with E-state index in [4.69, 9.17) is 11.1 Å². The Balaban J connectivity index is 1.67. The van der Waals surface area contributed by atoms with Gasteiger partial charge in [0.15, 0.2) is 0 Å². The molecule has 5 aromatic rings. The van der Waals surface area contributed by atoms with Gasteiger partial charge in [0.2, 0.25) is 0 Å². The van der Waals surface area contributed by atoms with E-state index in [0.717, 1.165) is 33.2 Å². The predicted octanol–water partition coefficient (Wildman–Crippen LogP) is 5.60. The van der Waals surface area contributed by atoms with Crippen LogP contribution in [0.2, 0.25) is 0 Å². The van der Waals surface area contributed by atoms with Crippen molar-refractivity contribution in [2.75, 3.05) is 7.05 Å². The summed E-state index contributed by atoms with van der Waals surface area (Å²) < 4.78 is 2.13. The molecule has 40 heavy (non-hydrogen) atoms. The Morgan fingerprint density at radius 2 is 1.65 bits per heavy atom. The molecule has 0 atom stereocenters. The first-order valence-corrected chi connectivity index (χ1v) is 12.9. The van der Waals surface area contributed by atoms with Gasteiger partial charge in [-0.3, -0.25) is 10.2 Å². The number of carboxylic acids is 1. The highest BCUT2D eigenvalue weighted by molar-refractivity contribution is 6.01. The van der Waals surface area contributed by atoms with E-state index in [9.17, 15) is 14.7 Å². The summed E-state index contributed by atoms with van der Waals surface area (Å²) in [4.78, 5) is 24.7. The number of carboxylic acid groups (broad SMARTS) is 1. The molecule has 1 aromatic heterocycles. The molecular formula is C33H30N4O3. The van der Waals surface area contributed by atoms with Gasteiger partial charge in [0.25, 0.3) is 5.91 Å². The van der Waals surface area contributed by atoms with Gasteiger partial charge >= 0.3 is 5.97 Å². The first-order chi connectivity index (χ1) is 19.2. The van der Waals surface area contributed by atoms with Gasteiger partial charge < -0.3 is 20.7 Å². The molecule has 0 aliphatic rings. The van der Waals surface area contributed by atoms with Crippen molar-refractivity contribution >= 4 is 28.6 Å². The third-order valence-corrected chi connectivity index (χ3v) is 7.15. The summed E-state index contributed by atoms with van der Waals surface area (Å²) in [6.45, 7) is 2.30. The van der Waals surface area contributed by atoms with Gasteiger partial charge in [0.05, 0.1) is 5.56 Å². The number of carbonyl (C=O) groups is 2. The molecule has 1 amide bonds. The van der Waals surface area contributed by atoms with Crippen LogP contribution >= 0.6 is 0 Å². The zero-order valence-electron chi connectivity index (χ0n) is 22.4. The highest BCUT2D eigenvalue weighted by Gasteiger charge is 2.19. The number of hydrogen-bond donors (Lipinski definition) is 4. The van der Waals surface area contributed by atoms with Crippen LogP contribution in [0.4, 0.5) is 0 Å². The molecule has 5 rings (SSSR count). The second kappa shape index (κ2) is 10.9. The number of nitrogens with two attached hydrogens (primary N) is 1.